The zero-order chi connectivity index (χ0) is 12.3. The monoisotopic (exact) mass is 235 g/mol. The molecule has 0 aromatic rings. The van der Waals surface area contributed by atoms with Gasteiger partial charge in [-0.2, -0.15) is 0 Å². The van der Waals surface area contributed by atoms with Crippen molar-refractivity contribution < 1.29 is 30.0 Å². The predicted octanol–water partition coefficient (Wildman–Crippen LogP) is -2.69. The van der Waals surface area contributed by atoms with E-state index in [1.54, 1.807) is 0 Å². The molecule has 1 aliphatic rings. The van der Waals surface area contributed by atoms with Gasteiger partial charge in [0, 0.05) is 13.5 Å². The van der Waals surface area contributed by atoms with E-state index in [9.17, 15) is 20.1 Å². The molecule has 1 aliphatic heterocycles. The van der Waals surface area contributed by atoms with E-state index < -0.39 is 36.6 Å². The van der Waals surface area contributed by atoms with E-state index >= 15 is 0 Å². The summed E-state index contributed by atoms with van der Waals surface area (Å²) in [7, 11) is 0. The minimum atomic E-state index is -1.40. The first-order valence-electron chi connectivity index (χ1n) is 5.05. The van der Waals surface area contributed by atoms with Gasteiger partial charge < -0.3 is 30.5 Å². The van der Waals surface area contributed by atoms with Gasteiger partial charge in [-0.15, -0.1) is 0 Å². The lowest BCUT2D eigenvalue weighted by molar-refractivity contribution is -0.249. The van der Waals surface area contributed by atoms with Gasteiger partial charge in [0.25, 0.3) is 0 Å². The Hall–Kier alpha value is -0.730. The van der Waals surface area contributed by atoms with Crippen LogP contribution in [0.25, 0.3) is 0 Å². The molecule has 0 bridgehead atoms. The van der Waals surface area contributed by atoms with E-state index in [0.29, 0.717) is 0 Å². The number of amides is 1. The third kappa shape index (κ3) is 2.89. The smallest absolute Gasteiger partial charge is 0.217 e. The molecule has 0 radical (unpaired) electrons. The highest BCUT2D eigenvalue weighted by Gasteiger charge is 2.43. The normalized spacial score (nSPS) is 39.4. The van der Waals surface area contributed by atoms with Crippen molar-refractivity contribution in [2.75, 3.05) is 6.61 Å². The topological polar surface area (TPSA) is 119 Å². The van der Waals surface area contributed by atoms with E-state index in [2.05, 4.69) is 5.32 Å². The van der Waals surface area contributed by atoms with Crippen LogP contribution in [-0.2, 0) is 9.53 Å². The first kappa shape index (κ1) is 13.3. The maximum atomic E-state index is 10.8. The first-order valence-corrected chi connectivity index (χ1v) is 5.05. The molecule has 94 valence electrons. The second kappa shape index (κ2) is 5.55. The van der Waals surface area contributed by atoms with Crippen molar-refractivity contribution in [2.24, 2.45) is 0 Å². The second-order valence-electron chi connectivity index (χ2n) is 3.78. The minimum absolute atomic E-state index is 0.0993. The highest BCUT2D eigenvalue weighted by atomic mass is 16.6. The number of aliphatic hydroxyl groups excluding tert-OH is 4. The number of rotatable bonds is 3. The zero-order valence-corrected chi connectivity index (χ0v) is 8.91. The van der Waals surface area contributed by atoms with Crippen molar-refractivity contribution in [3.8, 4) is 0 Å². The van der Waals surface area contributed by atoms with Gasteiger partial charge in [-0.05, 0) is 6.42 Å². The molecule has 1 unspecified atom stereocenters. The van der Waals surface area contributed by atoms with Gasteiger partial charge >= 0.3 is 0 Å². The van der Waals surface area contributed by atoms with Crippen molar-refractivity contribution in [2.45, 2.75) is 44.0 Å². The fourth-order valence-electron chi connectivity index (χ4n) is 1.70. The van der Waals surface area contributed by atoms with E-state index in [0.717, 1.165) is 0 Å². The van der Waals surface area contributed by atoms with Gasteiger partial charge in [-0.1, -0.05) is 0 Å². The molecule has 1 heterocycles. The number of hydrogen-bond acceptors (Lipinski definition) is 6. The molecule has 0 saturated carbocycles. The minimum Gasteiger partial charge on any atom is -0.396 e. The Balaban J connectivity index is 2.67. The van der Waals surface area contributed by atoms with Crippen LogP contribution in [0, 0.1) is 0 Å². The molecule has 1 amide bonds. The molecule has 7 nitrogen and oxygen atoms in total. The van der Waals surface area contributed by atoms with Crippen LogP contribution in [0.1, 0.15) is 13.3 Å². The molecule has 1 fully saturated rings. The maximum Gasteiger partial charge on any atom is 0.217 e. The Morgan fingerprint density at radius 2 is 1.94 bits per heavy atom. The summed E-state index contributed by atoms with van der Waals surface area (Å²) in [5, 5.41) is 39.8. The molecule has 7 heteroatoms. The largest absolute Gasteiger partial charge is 0.396 e. The summed E-state index contributed by atoms with van der Waals surface area (Å²) in [6, 6.07) is -1.07. The molecule has 1 saturated heterocycles. The van der Waals surface area contributed by atoms with E-state index in [1.165, 1.54) is 6.92 Å². The highest BCUT2D eigenvalue weighted by Crippen LogP contribution is 2.21. The van der Waals surface area contributed by atoms with Crippen LogP contribution >= 0.6 is 0 Å². The molecular formula is C9H17NO6. The van der Waals surface area contributed by atoms with E-state index in [-0.39, 0.29) is 13.0 Å². The first-order chi connectivity index (χ1) is 7.47. The summed E-state index contributed by atoms with van der Waals surface area (Å²) in [6.07, 6.45) is -4.74. The van der Waals surface area contributed by atoms with Gasteiger partial charge in [0.1, 0.15) is 18.2 Å². The van der Waals surface area contributed by atoms with Crippen LogP contribution in [0.3, 0.4) is 0 Å². The SMILES string of the molecule is CC(=O)N[C@H]1C(O)O[C@H](CCO)[C@@H](O)[C@@H]1O. The van der Waals surface area contributed by atoms with Crippen molar-refractivity contribution in [3.63, 3.8) is 0 Å². The zero-order valence-electron chi connectivity index (χ0n) is 8.91. The fourth-order valence-corrected chi connectivity index (χ4v) is 1.70. The quantitative estimate of drug-likeness (QED) is 0.363. The number of carbonyl (C=O) groups excluding carboxylic acids is 1. The van der Waals surface area contributed by atoms with Crippen LogP contribution < -0.4 is 5.32 Å². The highest BCUT2D eigenvalue weighted by molar-refractivity contribution is 5.73. The van der Waals surface area contributed by atoms with E-state index in [4.69, 9.17) is 9.84 Å². The van der Waals surface area contributed by atoms with Gasteiger partial charge in [0.15, 0.2) is 6.29 Å². The summed E-state index contributed by atoms with van der Waals surface area (Å²) in [4.78, 5) is 10.8. The Morgan fingerprint density at radius 1 is 1.31 bits per heavy atom. The van der Waals surface area contributed by atoms with Gasteiger partial charge in [0.2, 0.25) is 5.91 Å². The molecule has 1 rings (SSSR count). The third-order valence-electron chi connectivity index (χ3n) is 2.50. The average molecular weight is 235 g/mol. The molecule has 0 aromatic carbocycles. The van der Waals surface area contributed by atoms with Crippen molar-refractivity contribution >= 4 is 5.91 Å². The van der Waals surface area contributed by atoms with Crippen molar-refractivity contribution in [1.29, 1.82) is 0 Å². The predicted molar refractivity (Wildman–Crippen MR) is 52.2 cm³/mol. The lowest BCUT2D eigenvalue weighted by Gasteiger charge is -2.40. The van der Waals surface area contributed by atoms with Crippen LogP contribution in [0.15, 0.2) is 0 Å². The van der Waals surface area contributed by atoms with Crippen molar-refractivity contribution in [3.05, 3.63) is 0 Å². The fraction of sp³-hybridized carbons (Fsp3) is 0.889. The van der Waals surface area contributed by atoms with E-state index in [1.807, 2.05) is 0 Å². The molecule has 5 atom stereocenters. The van der Waals surface area contributed by atoms with Crippen molar-refractivity contribution in [1.82, 2.24) is 5.32 Å². The Kier molecular flexibility index (Phi) is 4.63. The molecule has 5 N–H and O–H groups in total. The second-order valence-corrected chi connectivity index (χ2v) is 3.78. The molecule has 0 spiro atoms. The summed E-state index contributed by atoms with van der Waals surface area (Å²) in [5.74, 6) is -0.445. The summed E-state index contributed by atoms with van der Waals surface area (Å²) in [6.45, 7) is 0.998. The molecule has 0 aliphatic carbocycles. The lowest BCUT2D eigenvalue weighted by atomic mass is 9.95. The van der Waals surface area contributed by atoms with Crippen LogP contribution in [-0.4, -0.2) is 63.6 Å². The number of carbonyl (C=O) groups is 1. The van der Waals surface area contributed by atoms with Crippen LogP contribution in [0.5, 0.6) is 0 Å². The van der Waals surface area contributed by atoms with Gasteiger partial charge in [-0.25, -0.2) is 0 Å². The van der Waals surface area contributed by atoms with Gasteiger partial charge in [0.05, 0.1) is 6.10 Å². The van der Waals surface area contributed by atoms with Crippen LogP contribution in [0.2, 0.25) is 0 Å². The Morgan fingerprint density at radius 3 is 2.44 bits per heavy atom. The number of nitrogens with one attached hydrogen (secondary N) is 1. The third-order valence-corrected chi connectivity index (χ3v) is 2.50. The summed E-state index contributed by atoms with van der Waals surface area (Å²) in [5.41, 5.74) is 0. The lowest BCUT2D eigenvalue weighted by Crippen LogP contribution is -2.63. The summed E-state index contributed by atoms with van der Waals surface area (Å²) >= 11 is 0. The summed E-state index contributed by atoms with van der Waals surface area (Å²) < 4.78 is 4.99. The molecule has 16 heavy (non-hydrogen) atoms. The number of ether oxygens (including phenoxy) is 1. The Labute approximate surface area is 92.7 Å². The molecule has 0 aromatic heterocycles. The molecular weight excluding hydrogens is 218 g/mol. The standard InChI is InChI=1S/C9H17NO6/c1-4(12)10-6-8(14)7(13)5(2-3-11)16-9(6)15/h5-9,11,13-15H,2-3H2,1H3,(H,10,12)/t5-,6-,7-,8-,9?/m1/s1. The average Bonchev–Trinajstić information content (AvgIpc) is 2.21. The number of aliphatic hydroxyl groups is 4. The Bertz CT molecular complexity index is 248. The number of hydrogen-bond donors (Lipinski definition) is 5. The van der Waals surface area contributed by atoms with Gasteiger partial charge in [-0.3, -0.25) is 4.79 Å². The maximum absolute atomic E-state index is 10.8. The van der Waals surface area contributed by atoms with Crippen LogP contribution in [0.4, 0.5) is 0 Å².